The number of nitrogens with one attached hydrogen (secondary N) is 1. The zero-order valence-corrected chi connectivity index (χ0v) is 15.4. The van der Waals surface area contributed by atoms with E-state index in [0.717, 1.165) is 34.0 Å². The maximum atomic E-state index is 4.69. The van der Waals surface area contributed by atoms with Gasteiger partial charge < -0.3 is 10.2 Å². The summed E-state index contributed by atoms with van der Waals surface area (Å²) in [5.74, 6) is 0.674. The third kappa shape index (κ3) is 2.84. The maximum absolute atomic E-state index is 4.69. The minimum absolute atomic E-state index is 0.436. The fraction of sp³-hybridized carbons (Fsp3) is 0.500. The molecule has 0 unspecified atom stereocenters. The minimum atomic E-state index is 0.436. The van der Waals surface area contributed by atoms with E-state index in [-0.39, 0.29) is 0 Å². The molecule has 4 rings (SSSR count). The van der Waals surface area contributed by atoms with Crippen molar-refractivity contribution in [1.82, 2.24) is 29.5 Å². The molecular formula is C16H20BrN7. The fourth-order valence-corrected chi connectivity index (χ4v) is 3.94. The van der Waals surface area contributed by atoms with Crippen LogP contribution in [0.3, 0.4) is 0 Å². The van der Waals surface area contributed by atoms with Gasteiger partial charge in [-0.3, -0.25) is 4.40 Å². The van der Waals surface area contributed by atoms with Gasteiger partial charge in [0.05, 0.1) is 4.47 Å². The van der Waals surface area contributed by atoms with Crippen molar-refractivity contribution >= 4 is 38.6 Å². The normalized spacial score (nSPS) is 21.7. The first-order valence-corrected chi connectivity index (χ1v) is 8.99. The summed E-state index contributed by atoms with van der Waals surface area (Å²) in [6.45, 7) is 0. The molecule has 0 radical (unpaired) electrons. The number of aromatic nitrogens is 5. The van der Waals surface area contributed by atoms with Crippen LogP contribution in [-0.4, -0.2) is 55.6 Å². The summed E-state index contributed by atoms with van der Waals surface area (Å²) in [4.78, 5) is 11.5. The molecule has 1 N–H and O–H groups in total. The van der Waals surface area contributed by atoms with Crippen LogP contribution in [0.2, 0.25) is 0 Å². The average Bonchev–Trinajstić information content (AvgIpc) is 3.07. The van der Waals surface area contributed by atoms with Crippen LogP contribution in [-0.2, 0) is 0 Å². The van der Waals surface area contributed by atoms with E-state index in [4.69, 9.17) is 4.98 Å². The zero-order valence-electron chi connectivity index (χ0n) is 13.8. The summed E-state index contributed by atoms with van der Waals surface area (Å²) in [5.41, 5.74) is 1.58. The molecule has 0 saturated heterocycles. The predicted molar refractivity (Wildman–Crippen MR) is 97.1 cm³/mol. The number of hydrogen-bond donors (Lipinski definition) is 1. The van der Waals surface area contributed by atoms with Crippen molar-refractivity contribution in [2.75, 3.05) is 19.4 Å². The number of rotatable bonds is 3. The molecule has 0 atom stereocenters. The van der Waals surface area contributed by atoms with Crippen molar-refractivity contribution in [1.29, 1.82) is 0 Å². The highest BCUT2D eigenvalue weighted by atomic mass is 79.9. The van der Waals surface area contributed by atoms with E-state index < -0.39 is 0 Å². The quantitative estimate of drug-likeness (QED) is 0.742. The molecule has 7 nitrogen and oxygen atoms in total. The van der Waals surface area contributed by atoms with Crippen LogP contribution in [0.4, 0.5) is 5.95 Å². The van der Waals surface area contributed by atoms with Gasteiger partial charge in [-0.1, -0.05) is 0 Å². The van der Waals surface area contributed by atoms with Gasteiger partial charge in [-0.15, -0.1) is 10.2 Å². The number of nitrogens with zero attached hydrogens (tertiary/aromatic N) is 6. The lowest BCUT2D eigenvalue weighted by Crippen LogP contribution is -2.36. The van der Waals surface area contributed by atoms with E-state index in [2.05, 4.69) is 55.4 Å². The molecule has 24 heavy (non-hydrogen) atoms. The summed E-state index contributed by atoms with van der Waals surface area (Å²) in [6, 6.07) is 3.10. The Morgan fingerprint density at radius 2 is 2.00 bits per heavy atom. The first kappa shape index (κ1) is 15.7. The molecule has 1 fully saturated rings. The van der Waals surface area contributed by atoms with E-state index in [1.165, 1.54) is 12.8 Å². The number of fused-ring (bicyclic) bond motifs is 3. The van der Waals surface area contributed by atoms with Crippen LogP contribution in [0.5, 0.6) is 0 Å². The lowest BCUT2D eigenvalue weighted by Gasteiger charge is -2.32. The molecule has 1 saturated carbocycles. The van der Waals surface area contributed by atoms with Crippen molar-refractivity contribution in [3.05, 3.63) is 23.1 Å². The number of pyridine rings is 1. The van der Waals surface area contributed by atoms with Gasteiger partial charge in [0.1, 0.15) is 6.33 Å². The SMILES string of the molecule is CN(C)[C@H]1CC[C@H](Nc2ncc3cc(Br)c4nncn4c3n2)CC1. The fourth-order valence-electron chi connectivity index (χ4n) is 3.42. The second-order valence-corrected chi connectivity index (χ2v) is 7.46. The van der Waals surface area contributed by atoms with Crippen molar-refractivity contribution in [2.45, 2.75) is 37.8 Å². The Balaban J connectivity index is 1.58. The molecular weight excluding hydrogens is 370 g/mol. The smallest absolute Gasteiger partial charge is 0.224 e. The van der Waals surface area contributed by atoms with E-state index >= 15 is 0 Å². The van der Waals surface area contributed by atoms with E-state index in [0.29, 0.717) is 18.0 Å². The Hall–Kier alpha value is -1.80. The highest BCUT2D eigenvalue weighted by Gasteiger charge is 2.23. The van der Waals surface area contributed by atoms with Gasteiger partial charge in [-0.2, -0.15) is 4.98 Å². The van der Waals surface area contributed by atoms with Crippen molar-refractivity contribution in [3.8, 4) is 0 Å². The lowest BCUT2D eigenvalue weighted by atomic mass is 9.91. The number of halogens is 1. The predicted octanol–water partition coefficient (Wildman–Crippen LogP) is 2.72. The Labute approximate surface area is 148 Å². The second-order valence-electron chi connectivity index (χ2n) is 6.60. The monoisotopic (exact) mass is 389 g/mol. The highest BCUT2D eigenvalue weighted by molar-refractivity contribution is 9.10. The van der Waals surface area contributed by atoms with Crippen LogP contribution in [0.1, 0.15) is 25.7 Å². The summed E-state index contributed by atoms with van der Waals surface area (Å²) in [7, 11) is 4.32. The Morgan fingerprint density at radius 3 is 2.75 bits per heavy atom. The standard InChI is InChI=1S/C16H20BrN7/c1-23(2)12-5-3-11(4-6-12)20-16-18-8-10-7-13(17)15-22-19-9-24(15)14(10)21-16/h7-9,11-12H,3-6H2,1-2H3,(H,18,20,21)/t11-,12-. The van der Waals surface area contributed by atoms with Crippen LogP contribution in [0.25, 0.3) is 16.7 Å². The molecule has 0 amide bonds. The third-order valence-corrected chi connectivity index (χ3v) is 5.41. The molecule has 3 aromatic heterocycles. The number of hydrogen-bond acceptors (Lipinski definition) is 6. The molecule has 0 aromatic carbocycles. The van der Waals surface area contributed by atoms with Gasteiger partial charge in [0.15, 0.2) is 11.3 Å². The van der Waals surface area contributed by atoms with Gasteiger partial charge in [0.25, 0.3) is 0 Å². The summed E-state index contributed by atoms with van der Waals surface area (Å²) in [6.07, 6.45) is 8.24. The molecule has 3 aromatic rings. The minimum Gasteiger partial charge on any atom is -0.351 e. The van der Waals surface area contributed by atoms with Gasteiger partial charge >= 0.3 is 0 Å². The first-order chi connectivity index (χ1) is 11.6. The van der Waals surface area contributed by atoms with Crippen LogP contribution >= 0.6 is 15.9 Å². The second kappa shape index (κ2) is 6.25. The van der Waals surface area contributed by atoms with Gasteiger partial charge in [-0.25, -0.2) is 4.98 Å². The Morgan fingerprint density at radius 1 is 1.21 bits per heavy atom. The zero-order chi connectivity index (χ0) is 16.7. The molecule has 1 aliphatic carbocycles. The lowest BCUT2D eigenvalue weighted by molar-refractivity contribution is 0.221. The number of anilines is 1. The summed E-state index contributed by atoms with van der Waals surface area (Å²) in [5, 5.41) is 12.6. The van der Waals surface area contributed by atoms with E-state index in [1.807, 2.05) is 16.7 Å². The molecule has 3 heterocycles. The molecule has 0 spiro atoms. The first-order valence-electron chi connectivity index (χ1n) is 8.20. The molecule has 126 valence electrons. The van der Waals surface area contributed by atoms with Crippen LogP contribution in [0, 0.1) is 0 Å². The molecule has 1 aliphatic rings. The molecule has 8 heteroatoms. The van der Waals surface area contributed by atoms with Gasteiger partial charge in [0, 0.05) is 23.7 Å². The largest absolute Gasteiger partial charge is 0.351 e. The Kier molecular flexibility index (Phi) is 4.09. The average molecular weight is 390 g/mol. The van der Waals surface area contributed by atoms with E-state index in [9.17, 15) is 0 Å². The van der Waals surface area contributed by atoms with Crippen LogP contribution < -0.4 is 5.32 Å². The van der Waals surface area contributed by atoms with Crippen molar-refractivity contribution < 1.29 is 0 Å². The summed E-state index contributed by atoms with van der Waals surface area (Å²) >= 11 is 3.51. The summed E-state index contributed by atoms with van der Waals surface area (Å²) < 4.78 is 2.77. The van der Waals surface area contributed by atoms with E-state index in [1.54, 1.807) is 6.33 Å². The van der Waals surface area contributed by atoms with Gasteiger partial charge in [0.2, 0.25) is 5.95 Å². The molecule has 0 bridgehead atoms. The highest BCUT2D eigenvalue weighted by Crippen LogP contribution is 2.25. The Bertz CT molecular complexity index is 867. The van der Waals surface area contributed by atoms with Crippen molar-refractivity contribution in [3.63, 3.8) is 0 Å². The third-order valence-electron chi connectivity index (χ3n) is 4.83. The molecule has 0 aliphatic heterocycles. The van der Waals surface area contributed by atoms with Gasteiger partial charge in [-0.05, 0) is 61.8 Å². The maximum Gasteiger partial charge on any atom is 0.224 e. The topological polar surface area (TPSA) is 71.2 Å². The van der Waals surface area contributed by atoms with Crippen LogP contribution in [0.15, 0.2) is 23.1 Å². The van der Waals surface area contributed by atoms with Crippen molar-refractivity contribution in [2.24, 2.45) is 0 Å².